The second-order valence-corrected chi connectivity index (χ2v) is 7.97. The van der Waals surface area contributed by atoms with Crippen molar-refractivity contribution in [3.63, 3.8) is 0 Å². The Kier molecular flexibility index (Phi) is 11.9. The van der Waals surface area contributed by atoms with E-state index >= 15 is 0 Å². The fourth-order valence-electron chi connectivity index (χ4n) is 2.78. The van der Waals surface area contributed by atoms with Crippen LogP contribution in [0.25, 0.3) is 0 Å². The highest BCUT2D eigenvalue weighted by Crippen LogP contribution is 2.14. The topological polar surface area (TPSA) is 84.4 Å². The second-order valence-electron chi connectivity index (χ2n) is 7.97. The monoisotopic (exact) mass is 400 g/mol. The molecule has 8 heteroatoms. The third kappa shape index (κ3) is 11.3. The highest BCUT2D eigenvalue weighted by atomic mass is 16.6. The molecule has 0 bridgehead atoms. The van der Waals surface area contributed by atoms with Gasteiger partial charge in [-0.3, -0.25) is 4.99 Å². The third-order valence-electron chi connectivity index (χ3n) is 4.38. The van der Waals surface area contributed by atoms with Crippen LogP contribution >= 0.6 is 0 Å². The Bertz CT molecular complexity index is 460. The first-order valence-corrected chi connectivity index (χ1v) is 10.4. The molecule has 0 aromatic heterocycles. The molecule has 1 aliphatic heterocycles. The van der Waals surface area contributed by atoms with Gasteiger partial charge in [0.1, 0.15) is 5.60 Å². The van der Waals surface area contributed by atoms with Crippen LogP contribution in [0, 0.1) is 5.92 Å². The minimum Gasteiger partial charge on any atom is -0.444 e. The lowest BCUT2D eigenvalue weighted by atomic mass is 10.0. The molecule has 8 nitrogen and oxygen atoms in total. The molecule has 1 aliphatic rings. The quantitative estimate of drug-likeness (QED) is 0.332. The number of amides is 1. The molecule has 0 aliphatic carbocycles. The summed E-state index contributed by atoms with van der Waals surface area (Å²) < 4.78 is 16.5. The van der Waals surface area contributed by atoms with Crippen molar-refractivity contribution in [2.24, 2.45) is 10.9 Å². The molecule has 1 heterocycles. The summed E-state index contributed by atoms with van der Waals surface area (Å²) in [4.78, 5) is 18.0. The fraction of sp³-hybridized carbons (Fsp3) is 0.900. The Balaban J connectivity index is 2.12. The Morgan fingerprint density at radius 2 is 1.89 bits per heavy atom. The molecule has 0 aromatic rings. The van der Waals surface area contributed by atoms with Gasteiger partial charge in [0.2, 0.25) is 0 Å². The van der Waals surface area contributed by atoms with Crippen LogP contribution in [0.3, 0.4) is 0 Å². The summed E-state index contributed by atoms with van der Waals surface area (Å²) in [6.07, 6.45) is 2.84. The summed E-state index contributed by atoms with van der Waals surface area (Å²) >= 11 is 0. The van der Waals surface area contributed by atoms with Crippen LogP contribution in [0.5, 0.6) is 0 Å². The summed E-state index contributed by atoms with van der Waals surface area (Å²) in [5.41, 5.74) is -0.484. The minimum atomic E-state index is -0.484. The van der Waals surface area contributed by atoms with Crippen LogP contribution in [0.1, 0.15) is 47.0 Å². The largest absolute Gasteiger partial charge is 0.444 e. The number of hydrogen-bond donors (Lipinski definition) is 2. The number of carbonyl (C=O) groups is 1. The highest BCUT2D eigenvalue weighted by molar-refractivity contribution is 5.79. The minimum absolute atomic E-state index is 0.290. The lowest BCUT2D eigenvalue weighted by molar-refractivity contribution is 0.0203. The van der Waals surface area contributed by atoms with Crippen LogP contribution in [0.2, 0.25) is 0 Å². The van der Waals surface area contributed by atoms with E-state index in [0.717, 1.165) is 58.2 Å². The average molecular weight is 401 g/mol. The van der Waals surface area contributed by atoms with E-state index in [4.69, 9.17) is 14.2 Å². The average Bonchev–Trinajstić information content (AvgIpc) is 2.65. The van der Waals surface area contributed by atoms with E-state index in [0.29, 0.717) is 25.6 Å². The molecule has 0 radical (unpaired) electrons. The van der Waals surface area contributed by atoms with E-state index in [9.17, 15) is 4.79 Å². The molecule has 0 aromatic carbocycles. The zero-order valence-electron chi connectivity index (χ0n) is 18.4. The normalized spacial score (nSPS) is 16.0. The van der Waals surface area contributed by atoms with E-state index < -0.39 is 5.60 Å². The molecule has 0 atom stereocenters. The first kappa shape index (κ1) is 24.5. The molecule has 0 unspecified atom stereocenters. The molecule has 1 fully saturated rings. The van der Waals surface area contributed by atoms with Gasteiger partial charge in [-0.05, 0) is 52.9 Å². The molecule has 28 heavy (non-hydrogen) atoms. The van der Waals surface area contributed by atoms with Crippen LogP contribution in [0.4, 0.5) is 4.79 Å². The van der Waals surface area contributed by atoms with E-state index in [1.807, 2.05) is 27.7 Å². The summed E-state index contributed by atoms with van der Waals surface area (Å²) in [6, 6.07) is 0. The van der Waals surface area contributed by atoms with Crippen molar-refractivity contribution < 1.29 is 19.0 Å². The maximum absolute atomic E-state index is 12.1. The number of likely N-dealkylation sites (N-methyl/N-ethyl adjacent to an activating group) is 1. The van der Waals surface area contributed by atoms with Gasteiger partial charge in [-0.2, -0.15) is 0 Å². The number of guanidine groups is 1. The van der Waals surface area contributed by atoms with Crippen molar-refractivity contribution in [2.45, 2.75) is 52.6 Å². The van der Waals surface area contributed by atoms with Crippen molar-refractivity contribution in [2.75, 3.05) is 59.7 Å². The van der Waals surface area contributed by atoms with Crippen molar-refractivity contribution in [1.82, 2.24) is 15.5 Å². The molecular weight excluding hydrogens is 360 g/mol. The predicted octanol–water partition coefficient (Wildman–Crippen LogP) is 2.24. The van der Waals surface area contributed by atoms with Crippen molar-refractivity contribution >= 4 is 12.1 Å². The van der Waals surface area contributed by atoms with Crippen LogP contribution in [0.15, 0.2) is 4.99 Å². The number of hydrogen-bond acceptors (Lipinski definition) is 5. The van der Waals surface area contributed by atoms with Gasteiger partial charge in [0.25, 0.3) is 0 Å². The Hall–Kier alpha value is -1.54. The standard InChI is InChI=1S/C20H40N4O4/c1-6-24(19(25)28-20(2,3)4)12-11-23-18(21-5)22-10-7-13-27-16-17-8-14-26-15-9-17/h17H,6-16H2,1-5H3,(H2,21,22,23). The number of nitrogens with zero attached hydrogens (tertiary/aromatic N) is 2. The van der Waals surface area contributed by atoms with Gasteiger partial charge >= 0.3 is 6.09 Å². The van der Waals surface area contributed by atoms with E-state index in [1.54, 1.807) is 11.9 Å². The fourth-order valence-corrected chi connectivity index (χ4v) is 2.78. The zero-order valence-corrected chi connectivity index (χ0v) is 18.4. The lowest BCUT2D eigenvalue weighted by Gasteiger charge is -2.26. The molecule has 164 valence electrons. The lowest BCUT2D eigenvalue weighted by Crippen LogP contribution is -2.44. The molecular formula is C20H40N4O4. The van der Waals surface area contributed by atoms with Crippen molar-refractivity contribution in [3.05, 3.63) is 0 Å². The maximum atomic E-state index is 12.1. The van der Waals surface area contributed by atoms with Crippen LogP contribution < -0.4 is 10.6 Å². The van der Waals surface area contributed by atoms with E-state index in [1.165, 1.54) is 0 Å². The predicted molar refractivity (Wildman–Crippen MR) is 112 cm³/mol. The smallest absolute Gasteiger partial charge is 0.410 e. The van der Waals surface area contributed by atoms with Crippen molar-refractivity contribution in [3.8, 4) is 0 Å². The molecule has 2 N–H and O–H groups in total. The molecule has 0 saturated carbocycles. The third-order valence-corrected chi connectivity index (χ3v) is 4.38. The number of carbonyl (C=O) groups excluding carboxylic acids is 1. The van der Waals surface area contributed by atoms with E-state index in [-0.39, 0.29) is 6.09 Å². The number of aliphatic imine (C=N–C) groups is 1. The summed E-state index contributed by atoms with van der Waals surface area (Å²) in [5, 5.41) is 6.50. The number of ether oxygens (including phenoxy) is 3. The SMILES string of the molecule is CCN(CCNC(=NC)NCCCOCC1CCOCC1)C(=O)OC(C)(C)C. The number of nitrogens with one attached hydrogen (secondary N) is 2. The maximum Gasteiger partial charge on any atom is 0.410 e. The molecule has 1 amide bonds. The first-order chi connectivity index (χ1) is 13.4. The van der Waals surface area contributed by atoms with Gasteiger partial charge in [-0.1, -0.05) is 0 Å². The van der Waals surface area contributed by atoms with Gasteiger partial charge in [-0.25, -0.2) is 4.79 Å². The Morgan fingerprint density at radius 1 is 1.21 bits per heavy atom. The summed E-state index contributed by atoms with van der Waals surface area (Å²) in [5.74, 6) is 1.37. The Morgan fingerprint density at radius 3 is 2.50 bits per heavy atom. The van der Waals surface area contributed by atoms with E-state index in [2.05, 4.69) is 15.6 Å². The van der Waals surface area contributed by atoms with Crippen LogP contribution in [-0.2, 0) is 14.2 Å². The first-order valence-electron chi connectivity index (χ1n) is 10.4. The van der Waals surface area contributed by atoms with Gasteiger partial charge in [-0.15, -0.1) is 0 Å². The van der Waals surface area contributed by atoms with Gasteiger partial charge < -0.3 is 29.7 Å². The molecule has 1 saturated heterocycles. The zero-order chi connectivity index (χ0) is 20.8. The number of rotatable bonds is 10. The van der Waals surface area contributed by atoms with Gasteiger partial charge in [0.05, 0.1) is 0 Å². The molecule has 0 spiro atoms. The Labute approximate surface area is 170 Å². The van der Waals surface area contributed by atoms with Crippen LogP contribution in [-0.4, -0.2) is 82.2 Å². The van der Waals surface area contributed by atoms with Gasteiger partial charge in [0.15, 0.2) is 5.96 Å². The van der Waals surface area contributed by atoms with Crippen molar-refractivity contribution in [1.29, 1.82) is 0 Å². The summed E-state index contributed by atoms with van der Waals surface area (Å²) in [6.45, 7) is 13.4. The molecule has 1 rings (SSSR count). The second kappa shape index (κ2) is 13.6. The highest BCUT2D eigenvalue weighted by Gasteiger charge is 2.20. The van der Waals surface area contributed by atoms with Gasteiger partial charge in [0, 0.05) is 59.7 Å². The summed E-state index contributed by atoms with van der Waals surface area (Å²) in [7, 11) is 1.74.